The van der Waals surface area contributed by atoms with Gasteiger partial charge in [-0.3, -0.25) is 9.69 Å². The van der Waals surface area contributed by atoms with Crippen LogP contribution in [0.15, 0.2) is 30.3 Å². The number of carbonyl (C=O) groups excluding carboxylic acids is 1. The molecular weight excluding hydrogens is 478 g/mol. The zero-order valence-corrected chi connectivity index (χ0v) is 22.9. The number of thiazole rings is 1. The van der Waals surface area contributed by atoms with Crippen LogP contribution in [-0.2, 0) is 0 Å². The molecule has 0 unspecified atom stereocenters. The van der Waals surface area contributed by atoms with Crippen molar-refractivity contribution in [3.8, 4) is 23.0 Å². The van der Waals surface area contributed by atoms with Gasteiger partial charge in [0.05, 0.1) is 31.1 Å². The second kappa shape index (κ2) is 13.3. The van der Waals surface area contributed by atoms with Gasteiger partial charge in [0.2, 0.25) is 5.75 Å². The van der Waals surface area contributed by atoms with Crippen LogP contribution in [0.25, 0.3) is 10.2 Å². The average molecular weight is 516 g/mol. The quantitative estimate of drug-likeness (QED) is 0.281. The molecule has 8 nitrogen and oxygen atoms in total. The molecule has 0 saturated carbocycles. The van der Waals surface area contributed by atoms with E-state index in [1.54, 1.807) is 17.0 Å². The predicted octanol–water partition coefficient (Wildman–Crippen LogP) is 5.49. The highest BCUT2D eigenvalue weighted by molar-refractivity contribution is 7.22. The third-order valence-electron chi connectivity index (χ3n) is 5.29. The van der Waals surface area contributed by atoms with Crippen molar-refractivity contribution in [2.75, 3.05) is 58.5 Å². The molecule has 0 radical (unpaired) electrons. The zero-order chi connectivity index (χ0) is 26.1. The van der Waals surface area contributed by atoms with Crippen LogP contribution < -0.4 is 23.8 Å². The number of hydrogen-bond acceptors (Lipinski definition) is 8. The van der Waals surface area contributed by atoms with Gasteiger partial charge >= 0.3 is 0 Å². The summed E-state index contributed by atoms with van der Waals surface area (Å²) in [5.74, 6) is 2.04. The number of rotatable bonds is 14. The number of para-hydroxylation sites is 1. The maximum Gasteiger partial charge on any atom is 0.260 e. The molecule has 0 aliphatic carbocycles. The van der Waals surface area contributed by atoms with Crippen molar-refractivity contribution in [2.24, 2.45) is 0 Å². The second-order valence-electron chi connectivity index (χ2n) is 8.25. The van der Waals surface area contributed by atoms with Gasteiger partial charge in [0, 0.05) is 12.1 Å². The number of carbonyl (C=O) groups is 1. The van der Waals surface area contributed by atoms with Gasteiger partial charge in [-0.15, -0.1) is 0 Å². The van der Waals surface area contributed by atoms with E-state index in [0.717, 1.165) is 28.9 Å². The van der Waals surface area contributed by atoms with E-state index in [-0.39, 0.29) is 5.91 Å². The van der Waals surface area contributed by atoms with E-state index in [2.05, 4.69) is 4.90 Å². The number of aromatic nitrogens is 1. The molecule has 196 valence electrons. The van der Waals surface area contributed by atoms with Crippen molar-refractivity contribution in [2.45, 2.75) is 34.1 Å². The van der Waals surface area contributed by atoms with Crippen molar-refractivity contribution in [1.82, 2.24) is 9.88 Å². The monoisotopic (exact) mass is 515 g/mol. The molecule has 0 aliphatic rings. The molecule has 0 aliphatic heterocycles. The summed E-state index contributed by atoms with van der Waals surface area (Å²) >= 11 is 1.48. The van der Waals surface area contributed by atoms with Crippen LogP contribution in [0.4, 0.5) is 5.13 Å². The van der Waals surface area contributed by atoms with Crippen LogP contribution in [0.2, 0.25) is 0 Å². The maximum absolute atomic E-state index is 14.0. The van der Waals surface area contributed by atoms with Gasteiger partial charge in [-0.25, -0.2) is 4.98 Å². The summed E-state index contributed by atoms with van der Waals surface area (Å²) in [5, 5.41) is 0.630. The minimum absolute atomic E-state index is 0.171. The van der Waals surface area contributed by atoms with E-state index in [4.69, 9.17) is 23.9 Å². The average Bonchev–Trinajstić information content (AvgIpc) is 3.28. The highest BCUT2D eigenvalue weighted by Crippen LogP contribution is 2.40. The largest absolute Gasteiger partial charge is 0.492 e. The highest BCUT2D eigenvalue weighted by atomic mass is 32.1. The molecule has 0 saturated heterocycles. The number of fused-ring (bicyclic) bond motifs is 1. The fourth-order valence-electron chi connectivity index (χ4n) is 3.80. The van der Waals surface area contributed by atoms with Gasteiger partial charge in [-0.2, -0.15) is 0 Å². The number of amides is 1. The molecule has 0 spiro atoms. The lowest BCUT2D eigenvalue weighted by Gasteiger charge is -2.22. The van der Waals surface area contributed by atoms with E-state index in [1.165, 1.54) is 11.3 Å². The number of nitrogens with zero attached hydrogens (tertiary/aromatic N) is 3. The van der Waals surface area contributed by atoms with Crippen LogP contribution in [-0.4, -0.2) is 69.4 Å². The van der Waals surface area contributed by atoms with Crippen molar-refractivity contribution in [3.05, 3.63) is 35.9 Å². The Morgan fingerprint density at radius 1 is 0.861 bits per heavy atom. The first kappa shape index (κ1) is 27.5. The Labute approximate surface area is 217 Å². The lowest BCUT2D eigenvalue weighted by atomic mass is 10.1. The first-order chi connectivity index (χ1) is 17.4. The summed E-state index contributed by atoms with van der Waals surface area (Å²) in [6, 6.07) is 9.32. The molecule has 2 aromatic carbocycles. The van der Waals surface area contributed by atoms with Gasteiger partial charge in [-0.1, -0.05) is 17.4 Å². The van der Waals surface area contributed by atoms with Crippen LogP contribution in [0.1, 0.15) is 44.5 Å². The number of anilines is 1. The van der Waals surface area contributed by atoms with E-state index < -0.39 is 0 Å². The standard InChI is InChI=1S/C27H37N3O5S/c1-7-32-20-13-11-14-23-24(20)28-27(36-23)30(16-12-15-29(5)6)26(31)19-17-21(33-8-2)25(35-10-4)22(18-19)34-9-3/h11,13-14,17-18H,7-10,12,15-16H2,1-6H3. The van der Waals surface area contributed by atoms with Crippen molar-refractivity contribution in [3.63, 3.8) is 0 Å². The lowest BCUT2D eigenvalue weighted by Crippen LogP contribution is -2.33. The van der Waals surface area contributed by atoms with Gasteiger partial charge in [0.1, 0.15) is 11.3 Å². The minimum atomic E-state index is -0.171. The smallest absolute Gasteiger partial charge is 0.260 e. The number of ether oxygens (including phenoxy) is 4. The second-order valence-corrected chi connectivity index (χ2v) is 9.26. The summed E-state index contributed by atoms with van der Waals surface area (Å²) in [6.45, 7) is 10.9. The Morgan fingerprint density at radius 2 is 1.47 bits per heavy atom. The highest BCUT2D eigenvalue weighted by Gasteiger charge is 2.25. The molecule has 1 amide bonds. The topological polar surface area (TPSA) is 73.4 Å². The lowest BCUT2D eigenvalue weighted by molar-refractivity contribution is 0.0985. The molecule has 1 heterocycles. The molecule has 3 aromatic rings. The van der Waals surface area contributed by atoms with Crippen molar-refractivity contribution in [1.29, 1.82) is 0 Å². The molecule has 1 aromatic heterocycles. The van der Waals surface area contributed by atoms with E-state index in [1.807, 2.05) is 60.0 Å². The van der Waals surface area contributed by atoms with E-state index in [9.17, 15) is 4.79 Å². The van der Waals surface area contributed by atoms with Crippen LogP contribution in [0.5, 0.6) is 23.0 Å². The van der Waals surface area contributed by atoms with Gasteiger partial charge in [0.15, 0.2) is 16.6 Å². The fourth-order valence-corrected chi connectivity index (χ4v) is 4.80. The first-order valence-corrected chi connectivity index (χ1v) is 13.3. The summed E-state index contributed by atoms with van der Waals surface area (Å²) < 4.78 is 24.3. The Balaban J connectivity index is 2.07. The zero-order valence-electron chi connectivity index (χ0n) is 22.1. The Morgan fingerprint density at radius 3 is 2.06 bits per heavy atom. The molecule has 0 fully saturated rings. The number of hydrogen-bond donors (Lipinski definition) is 0. The first-order valence-electron chi connectivity index (χ1n) is 12.5. The number of benzene rings is 2. The minimum Gasteiger partial charge on any atom is -0.492 e. The van der Waals surface area contributed by atoms with E-state index >= 15 is 0 Å². The summed E-state index contributed by atoms with van der Waals surface area (Å²) in [6.07, 6.45) is 0.792. The molecule has 36 heavy (non-hydrogen) atoms. The molecule has 0 atom stereocenters. The molecular formula is C27H37N3O5S. The van der Waals surface area contributed by atoms with Crippen molar-refractivity contribution >= 4 is 32.6 Å². The summed E-state index contributed by atoms with van der Waals surface area (Å²) in [4.78, 5) is 22.7. The molecule has 9 heteroatoms. The molecule has 3 rings (SSSR count). The third kappa shape index (κ3) is 6.59. The summed E-state index contributed by atoms with van der Waals surface area (Å²) in [5.41, 5.74) is 1.22. The van der Waals surface area contributed by atoms with Gasteiger partial charge in [-0.05, 0) is 79.0 Å². The molecule has 0 bridgehead atoms. The van der Waals surface area contributed by atoms with E-state index in [0.29, 0.717) is 60.9 Å². The van der Waals surface area contributed by atoms with Gasteiger partial charge in [0.25, 0.3) is 5.91 Å². The Bertz CT molecular complexity index is 1120. The fraction of sp³-hybridized carbons (Fsp3) is 0.481. The summed E-state index contributed by atoms with van der Waals surface area (Å²) in [7, 11) is 4.04. The van der Waals surface area contributed by atoms with Crippen molar-refractivity contribution < 1.29 is 23.7 Å². The van der Waals surface area contributed by atoms with Crippen LogP contribution in [0, 0.1) is 0 Å². The molecule has 0 N–H and O–H groups in total. The Hall–Kier alpha value is -3.04. The maximum atomic E-state index is 14.0. The normalized spacial score (nSPS) is 11.1. The van der Waals surface area contributed by atoms with Crippen LogP contribution >= 0.6 is 11.3 Å². The predicted molar refractivity (Wildman–Crippen MR) is 146 cm³/mol. The Kier molecular flexibility index (Phi) is 10.2. The third-order valence-corrected chi connectivity index (χ3v) is 6.33. The SMILES string of the molecule is CCOc1cc(C(=O)N(CCCN(C)C)c2nc3c(OCC)cccc3s2)cc(OCC)c1OCC. The van der Waals surface area contributed by atoms with Gasteiger partial charge < -0.3 is 23.8 Å². The van der Waals surface area contributed by atoms with Crippen LogP contribution in [0.3, 0.4) is 0 Å².